The maximum absolute atomic E-state index is 14.2. The van der Waals surface area contributed by atoms with E-state index in [1.54, 1.807) is 26.2 Å². The van der Waals surface area contributed by atoms with Gasteiger partial charge in [-0.05, 0) is 61.7 Å². The highest BCUT2D eigenvalue weighted by Crippen LogP contribution is 2.27. The fraction of sp³-hybridized carbons (Fsp3) is 0.235. The van der Waals surface area contributed by atoms with Gasteiger partial charge in [0.1, 0.15) is 11.6 Å². The topological polar surface area (TPSA) is 52.3 Å². The molecule has 0 fully saturated rings. The lowest BCUT2D eigenvalue weighted by atomic mass is 9.96. The molecule has 0 saturated heterocycles. The summed E-state index contributed by atoms with van der Waals surface area (Å²) in [6.07, 6.45) is 0. The first-order chi connectivity index (χ1) is 9.85. The zero-order chi connectivity index (χ0) is 15.7. The molecule has 0 aliphatic carbocycles. The molecule has 4 heteroatoms. The molecule has 0 radical (unpaired) electrons. The number of aryl methyl sites for hydroxylation is 3. The van der Waals surface area contributed by atoms with Crippen LogP contribution in [0.25, 0.3) is 0 Å². The standard InChI is InChI=1S/C17H18FNO2/c1-9-7-13(19)8-14(15(9)18)16(20)12-5-10(2)17(21-4)11(3)6-12/h5-8H,19H2,1-4H3. The molecule has 0 amide bonds. The van der Waals surface area contributed by atoms with Crippen LogP contribution < -0.4 is 10.5 Å². The second kappa shape index (κ2) is 5.56. The Balaban J connectivity index is 2.56. The lowest BCUT2D eigenvalue weighted by Gasteiger charge is -2.12. The number of benzene rings is 2. The third kappa shape index (κ3) is 2.75. The van der Waals surface area contributed by atoms with Gasteiger partial charge in [-0.15, -0.1) is 0 Å². The molecular formula is C17H18FNO2. The van der Waals surface area contributed by atoms with Gasteiger partial charge in [0.05, 0.1) is 12.7 Å². The first-order valence-corrected chi connectivity index (χ1v) is 6.60. The molecule has 3 nitrogen and oxygen atoms in total. The van der Waals surface area contributed by atoms with Crippen molar-refractivity contribution in [3.8, 4) is 5.75 Å². The van der Waals surface area contributed by atoms with Gasteiger partial charge in [0.2, 0.25) is 0 Å². The van der Waals surface area contributed by atoms with E-state index in [0.717, 1.165) is 16.9 Å². The predicted molar refractivity (Wildman–Crippen MR) is 81.4 cm³/mol. The number of methoxy groups -OCH3 is 1. The van der Waals surface area contributed by atoms with Gasteiger partial charge in [0, 0.05) is 11.3 Å². The maximum atomic E-state index is 14.2. The zero-order valence-corrected chi connectivity index (χ0v) is 12.6. The van der Waals surface area contributed by atoms with Crippen molar-refractivity contribution in [1.82, 2.24) is 0 Å². The largest absolute Gasteiger partial charge is 0.496 e. The number of hydrogen-bond acceptors (Lipinski definition) is 3. The maximum Gasteiger partial charge on any atom is 0.196 e. The van der Waals surface area contributed by atoms with E-state index in [1.165, 1.54) is 12.1 Å². The second-order valence-corrected chi connectivity index (χ2v) is 5.17. The van der Waals surface area contributed by atoms with Crippen molar-refractivity contribution in [3.63, 3.8) is 0 Å². The molecule has 2 N–H and O–H groups in total. The number of nitrogen functional groups attached to an aromatic ring is 1. The quantitative estimate of drug-likeness (QED) is 0.693. The summed E-state index contributed by atoms with van der Waals surface area (Å²) in [6, 6.07) is 6.29. The number of carbonyl (C=O) groups excluding carboxylic acids is 1. The highest BCUT2D eigenvalue weighted by atomic mass is 19.1. The molecule has 0 aliphatic rings. The number of nitrogens with two attached hydrogens (primary N) is 1. The van der Waals surface area contributed by atoms with E-state index in [9.17, 15) is 9.18 Å². The third-order valence-electron chi connectivity index (χ3n) is 3.45. The monoisotopic (exact) mass is 287 g/mol. The van der Waals surface area contributed by atoms with Crippen LogP contribution in [0.15, 0.2) is 24.3 Å². The van der Waals surface area contributed by atoms with Gasteiger partial charge in [0.25, 0.3) is 0 Å². The first-order valence-electron chi connectivity index (χ1n) is 6.60. The number of anilines is 1. The Hall–Kier alpha value is -2.36. The average Bonchev–Trinajstić information content (AvgIpc) is 2.41. The van der Waals surface area contributed by atoms with E-state index in [1.807, 2.05) is 13.8 Å². The van der Waals surface area contributed by atoms with Crippen LogP contribution in [0.3, 0.4) is 0 Å². The Labute approximate surface area is 123 Å². The molecule has 0 aliphatic heterocycles. The van der Waals surface area contributed by atoms with Gasteiger partial charge in [-0.25, -0.2) is 4.39 Å². The van der Waals surface area contributed by atoms with Crippen LogP contribution in [0.2, 0.25) is 0 Å². The molecule has 0 atom stereocenters. The fourth-order valence-corrected chi connectivity index (χ4v) is 2.52. The van der Waals surface area contributed by atoms with Crippen molar-refractivity contribution < 1.29 is 13.9 Å². The number of rotatable bonds is 3. The Kier molecular flexibility index (Phi) is 3.98. The van der Waals surface area contributed by atoms with Crippen LogP contribution in [0.4, 0.5) is 10.1 Å². The van der Waals surface area contributed by atoms with Gasteiger partial charge >= 0.3 is 0 Å². The molecule has 0 unspecified atom stereocenters. The molecule has 0 heterocycles. The Morgan fingerprint density at radius 2 is 1.62 bits per heavy atom. The molecular weight excluding hydrogens is 269 g/mol. The van der Waals surface area contributed by atoms with E-state index < -0.39 is 5.82 Å². The number of hydrogen-bond donors (Lipinski definition) is 1. The third-order valence-corrected chi connectivity index (χ3v) is 3.45. The molecule has 0 spiro atoms. The summed E-state index contributed by atoms with van der Waals surface area (Å²) in [5.41, 5.74) is 8.54. The molecule has 110 valence electrons. The molecule has 21 heavy (non-hydrogen) atoms. The van der Waals surface area contributed by atoms with Gasteiger partial charge in [0.15, 0.2) is 5.78 Å². The summed E-state index contributed by atoms with van der Waals surface area (Å²) in [6.45, 7) is 5.29. The minimum Gasteiger partial charge on any atom is -0.496 e. The van der Waals surface area contributed by atoms with Crippen LogP contribution in [-0.2, 0) is 0 Å². The molecule has 2 rings (SSSR count). The van der Waals surface area contributed by atoms with Crippen LogP contribution in [-0.4, -0.2) is 12.9 Å². The minimum absolute atomic E-state index is 0.00327. The van der Waals surface area contributed by atoms with Gasteiger partial charge in [-0.1, -0.05) is 0 Å². The van der Waals surface area contributed by atoms with Gasteiger partial charge in [-0.2, -0.15) is 0 Å². The van der Waals surface area contributed by atoms with Crippen LogP contribution in [0, 0.1) is 26.6 Å². The lowest BCUT2D eigenvalue weighted by Crippen LogP contribution is -2.08. The van der Waals surface area contributed by atoms with Crippen molar-refractivity contribution in [1.29, 1.82) is 0 Å². The first kappa shape index (κ1) is 15.0. The van der Waals surface area contributed by atoms with Gasteiger partial charge < -0.3 is 10.5 Å². The number of ketones is 1. The highest BCUT2D eigenvalue weighted by molar-refractivity contribution is 6.10. The summed E-state index contributed by atoms with van der Waals surface area (Å²) in [7, 11) is 1.58. The number of carbonyl (C=O) groups is 1. The summed E-state index contributed by atoms with van der Waals surface area (Å²) in [5, 5.41) is 0. The smallest absolute Gasteiger partial charge is 0.196 e. The molecule has 0 saturated carbocycles. The normalized spacial score (nSPS) is 10.5. The van der Waals surface area contributed by atoms with E-state index in [0.29, 0.717) is 16.8 Å². The minimum atomic E-state index is -0.527. The zero-order valence-electron chi connectivity index (χ0n) is 12.6. The van der Waals surface area contributed by atoms with Crippen molar-refractivity contribution >= 4 is 11.5 Å². The van der Waals surface area contributed by atoms with Gasteiger partial charge in [-0.3, -0.25) is 4.79 Å². The second-order valence-electron chi connectivity index (χ2n) is 5.17. The van der Waals surface area contributed by atoms with Crippen molar-refractivity contribution in [2.45, 2.75) is 20.8 Å². The van der Waals surface area contributed by atoms with E-state index in [4.69, 9.17) is 10.5 Å². The summed E-state index contributed by atoms with van der Waals surface area (Å²) in [4.78, 5) is 12.5. The highest BCUT2D eigenvalue weighted by Gasteiger charge is 2.18. The average molecular weight is 287 g/mol. The van der Waals surface area contributed by atoms with E-state index in [-0.39, 0.29) is 11.3 Å². The Morgan fingerprint density at radius 1 is 1.05 bits per heavy atom. The van der Waals surface area contributed by atoms with Crippen LogP contribution >= 0.6 is 0 Å². The van der Waals surface area contributed by atoms with Crippen molar-refractivity contribution in [2.24, 2.45) is 0 Å². The van der Waals surface area contributed by atoms with E-state index in [2.05, 4.69) is 0 Å². The van der Waals surface area contributed by atoms with Crippen molar-refractivity contribution in [3.05, 3.63) is 57.9 Å². The summed E-state index contributed by atoms with van der Waals surface area (Å²) in [5.74, 6) is -0.173. The fourth-order valence-electron chi connectivity index (χ4n) is 2.52. The molecule has 0 bridgehead atoms. The molecule has 2 aromatic rings. The lowest BCUT2D eigenvalue weighted by molar-refractivity contribution is 0.103. The number of halogens is 1. The molecule has 0 aromatic heterocycles. The Morgan fingerprint density at radius 3 is 2.14 bits per heavy atom. The summed E-state index contributed by atoms with van der Waals surface area (Å²) >= 11 is 0. The summed E-state index contributed by atoms with van der Waals surface area (Å²) < 4.78 is 19.4. The van der Waals surface area contributed by atoms with Crippen molar-refractivity contribution in [2.75, 3.05) is 12.8 Å². The van der Waals surface area contributed by atoms with E-state index >= 15 is 0 Å². The van der Waals surface area contributed by atoms with Crippen LogP contribution in [0.1, 0.15) is 32.6 Å². The number of ether oxygens (including phenoxy) is 1. The Bertz CT molecular complexity index is 700. The predicted octanol–water partition coefficient (Wildman–Crippen LogP) is 3.57. The SMILES string of the molecule is COc1c(C)cc(C(=O)c2cc(N)cc(C)c2F)cc1C. The molecule has 2 aromatic carbocycles. The van der Waals surface area contributed by atoms with Crippen LogP contribution in [0.5, 0.6) is 5.75 Å².